The highest BCUT2D eigenvalue weighted by molar-refractivity contribution is 5.94. The van der Waals surface area contributed by atoms with Crippen LogP contribution >= 0.6 is 0 Å². The van der Waals surface area contributed by atoms with Crippen LogP contribution in [-0.4, -0.2) is 84.7 Å². The number of piperazine rings is 1. The van der Waals surface area contributed by atoms with Crippen molar-refractivity contribution in [1.82, 2.24) is 14.7 Å². The van der Waals surface area contributed by atoms with Crippen LogP contribution < -0.4 is 0 Å². The first-order valence-corrected chi connectivity index (χ1v) is 10.3. The van der Waals surface area contributed by atoms with Crippen LogP contribution in [0, 0.1) is 5.41 Å². The Labute approximate surface area is 163 Å². The summed E-state index contributed by atoms with van der Waals surface area (Å²) in [6, 6.07) is 10.0. The Hall–Kier alpha value is -1.43. The minimum atomic E-state index is 0.106. The van der Waals surface area contributed by atoms with Crippen molar-refractivity contribution in [1.29, 1.82) is 0 Å². The molecule has 0 radical (unpaired) electrons. The van der Waals surface area contributed by atoms with E-state index in [2.05, 4.69) is 35.5 Å². The van der Waals surface area contributed by atoms with Crippen LogP contribution in [0.3, 0.4) is 0 Å². The summed E-state index contributed by atoms with van der Waals surface area (Å²) in [7, 11) is 0. The van der Waals surface area contributed by atoms with Gasteiger partial charge in [0.25, 0.3) is 5.91 Å². The fourth-order valence-electron chi connectivity index (χ4n) is 4.83. The zero-order chi connectivity index (χ0) is 19.1. The summed E-state index contributed by atoms with van der Waals surface area (Å²) in [5.41, 5.74) is 1.27. The molecule has 0 aliphatic carbocycles. The van der Waals surface area contributed by atoms with E-state index >= 15 is 0 Å². The number of fused-ring (bicyclic) bond motifs is 2. The third-order valence-electron chi connectivity index (χ3n) is 6.27. The van der Waals surface area contributed by atoms with E-state index in [9.17, 15) is 4.79 Å². The zero-order valence-electron chi connectivity index (χ0n) is 17.0. The van der Waals surface area contributed by atoms with Crippen molar-refractivity contribution < 1.29 is 9.53 Å². The van der Waals surface area contributed by atoms with Crippen molar-refractivity contribution >= 4 is 5.91 Å². The van der Waals surface area contributed by atoms with Gasteiger partial charge in [-0.3, -0.25) is 14.6 Å². The highest BCUT2D eigenvalue weighted by Crippen LogP contribution is 2.36. The van der Waals surface area contributed by atoms with Crippen LogP contribution in [0.2, 0.25) is 0 Å². The minimum Gasteiger partial charge on any atom is -0.378 e. The predicted octanol–water partition coefficient (Wildman–Crippen LogP) is 2.33. The molecule has 1 amide bonds. The predicted molar refractivity (Wildman–Crippen MR) is 107 cm³/mol. The smallest absolute Gasteiger partial charge is 0.253 e. The summed E-state index contributed by atoms with van der Waals surface area (Å²) in [5, 5.41) is 0. The first-order chi connectivity index (χ1) is 12.9. The first-order valence-electron chi connectivity index (χ1n) is 10.3. The summed E-state index contributed by atoms with van der Waals surface area (Å²) >= 11 is 0. The van der Waals surface area contributed by atoms with Crippen molar-refractivity contribution in [3.05, 3.63) is 35.9 Å². The fraction of sp³-hybridized carbons (Fsp3) is 0.682. The van der Waals surface area contributed by atoms with Crippen LogP contribution in [0.4, 0.5) is 0 Å². The Morgan fingerprint density at radius 1 is 1.19 bits per heavy atom. The number of hydrogen-bond acceptors (Lipinski definition) is 4. The van der Waals surface area contributed by atoms with Crippen LogP contribution in [0.25, 0.3) is 0 Å². The number of hydrogen-bond donors (Lipinski definition) is 0. The van der Waals surface area contributed by atoms with E-state index in [1.165, 1.54) is 6.42 Å². The molecule has 1 aromatic rings. The monoisotopic (exact) mass is 371 g/mol. The van der Waals surface area contributed by atoms with E-state index in [1.807, 2.05) is 30.3 Å². The Morgan fingerprint density at radius 3 is 2.63 bits per heavy atom. The first kappa shape index (κ1) is 18.9. The number of ether oxygens (including phenoxy) is 1. The second-order valence-corrected chi connectivity index (χ2v) is 9.72. The molecular formula is C22H33N3O2. The van der Waals surface area contributed by atoms with Gasteiger partial charge < -0.3 is 9.64 Å². The SMILES string of the molecule is CC(C)(C)CCN1CC2(C1)CN(C(=O)c1ccccc1)CC1COCCN12. The molecule has 3 aliphatic rings. The van der Waals surface area contributed by atoms with E-state index in [0.29, 0.717) is 11.5 Å². The van der Waals surface area contributed by atoms with Gasteiger partial charge in [0, 0.05) is 38.3 Å². The molecular weight excluding hydrogens is 338 g/mol. The average Bonchev–Trinajstić information content (AvgIpc) is 2.63. The van der Waals surface area contributed by atoms with Gasteiger partial charge in [-0.2, -0.15) is 0 Å². The largest absolute Gasteiger partial charge is 0.378 e. The Morgan fingerprint density at radius 2 is 1.93 bits per heavy atom. The molecule has 0 saturated carbocycles. The molecule has 5 heteroatoms. The van der Waals surface area contributed by atoms with E-state index in [4.69, 9.17) is 4.74 Å². The lowest BCUT2D eigenvalue weighted by molar-refractivity contribution is -0.159. The summed E-state index contributed by atoms with van der Waals surface area (Å²) in [6.07, 6.45) is 1.21. The molecule has 0 aromatic heterocycles. The van der Waals surface area contributed by atoms with Gasteiger partial charge in [-0.25, -0.2) is 0 Å². The molecule has 3 saturated heterocycles. The number of nitrogens with zero attached hydrogens (tertiary/aromatic N) is 3. The van der Waals surface area contributed by atoms with Gasteiger partial charge in [0.05, 0.1) is 24.8 Å². The van der Waals surface area contributed by atoms with Gasteiger partial charge >= 0.3 is 0 Å². The molecule has 0 bridgehead atoms. The quantitative estimate of drug-likeness (QED) is 0.817. The number of benzene rings is 1. The Kier molecular flexibility index (Phi) is 5.04. The lowest BCUT2D eigenvalue weighted by atomic mass is 9.81. The number of carbonyl (C=O) groups is 1. The molecule has 4 rings (SSSR count). The van der Waals surface area contributed by atoms with Gasteiger partial charge in [0.15, 0.2) is 0 Å². The van der Waals surface area contributed by atoms with Crippen LogP contribution in [0.1, 0.15) is 37.6 Å². The summed E-state index contributed by atoms with van der Waals surface area (Å²) in [6.45, 7) is 14.4. The molecule has 5 nitrogen and oxygen atoms in total. The third kappa shape index (κ3) is 3.91. The molecule has 148 valence electrons. The lowest BCUT2D eigenvalue weighted by Crippen LogP contribution is -2.81. The molecule has 1 spiro atoms. The van der Waals surface area contributed by atoms with Gasteiger partial charge in [-0.05, 0) is 30.5 Å². The second kappa shape index (κ2) is 7.19. The maximum atomic E-state index is 13.1. The Bertz CT molecular complexity index is 664. The van der Waals surface area contributed by atoms with Crippen molar-refractivity contribution in [3.8, 4) is 0 Å². The topological polar surface area (TPSA) is 36.0 Å². The third-order valence-corrected chi connectivity index (χ3v) is 6.27. The van der Waals surface area contributed by atoms with Crippen molar-refractivity contribution in [2.45, 2.75) is 38.8 Å². The number of morpholine rings is 1. The molecule has 1 atom stereocenters. The number of rotatable bonds is 3. The molecule has 3 aliphatic heterocycles. The van der Waals surface area contributed by atoms with Crippen LogP contribution in [-0.2, 0) is 4.74 Å². The van der Waals surface area contributed by atoms with E-state index < -0.39 is 0 Å². The molecule has 1 unspecified atom stereocenters. The highest BCUT2D eigenvalue weighted by atomic mass is 16.5. The van der Waals surface area contributed by atoms with Crippen molar-refractivity contribution in [2.24, 2.45) is 5.41 Å². The molecule has 3 heterocycles. The van der Waals surface area contributed by atoms with E-state index in [-0.39, 0.29) is 11.4 Å². The lowest BCUT2D eigenvalue weighted by Gasteiger charge is -2.63. The number of carbonyl (C=O) groups excluding carboxylic acids is 1. The Balaban J connectivity index is 1.47. The maximum Gasteiger partial charge on any atom is 0.253 e. The molecule has 1 aromatic carbocycles. The van der Waals surface area contributed by atoms with Gasteiger partial charge in [-0.15, -0.1) is 0 Å². The second-order valence-electron chi connectivity index (χ2n) is 9.72. The van der Waals surface area contributed by atoms with Crippen molar-refractivity contribution in [2.75, 3.05) is 52.5 Å². The van der Waals surface area contributed by atoms with Gasteiger partial charge in [0.2, 0.25) is 0 Å². The summed E-state index contributed by atoms with van der Waals surface area (Å²) in [5.74, 6) is 0.160. The highest BCUT2D eigenvalue weighted by Gasteiger charge is 2.54. The van der Waals surface area contributed by atoms with E-state index in [1.54, 1.807) is 0 Å². The van der Waals surface area contributed by atoms with Crippen LogP contribution in [0.15, 0.2) is 30.3 Å². The summed E-state index contributed by atoms with van der Waals surface area (Å²) < 4.78 is 5.76. The maximum absolute atomic E-state index is 13.1. The van der Waals surface area contributed by atoms with Crippen LogP contribution in [0.5, 0.6) is 0 Å². The summed E-state index contributed by atoms with van der Waals surface area (Å²) in [4.78, 5) is 20.4. The van der Waals surface area contributed by atoms with E-state index in [0.717, 1.165) is 58.0 Å². The number of amides is 1. The minimum absolute atomic E-state index is 0.106. The standard InChI is InChI=1S/C22H33N3O2/c1-21(2,3)9-10-23-15-22(16-23)17-24(13-19-14-27-12-11-25(19)22)20(26)18-7-5-4-6-8-18/h4-8,19H,9-17H2,1-3H3. The number of likely N-dealkylation sites (tertiary alicyclic amines) is 1. The molecule has 3 fully saturated rings. The van der Waals surface area contributed by atoms with Gasteiger partial charge in [0.1, 0.15) is 0 Å². The normalized spacial score (nSPS) is 25.9. The zero-order valence-corrected chi connectivity index (χ0v) is 17.0. The van der Waals surface area contributed by atoms with Gasteiger partial charge in [-0.1, -0.05) is 39.0 Å². The fourth-order valence-corrected chi connectivity index (χ4v) is 4.83. The molecule has 27 heavy (non-hydrogen) atoms. The van der Waals surface area contributed by atoms with Crippen molar-refractivity contribution in [3.63, 3.8) is 0 Å². The molecule has 0 N–H and O–H groups in total. The average molecular weight is 372 g/mol.